The van der Waals surface area contributed by atoms with Gasteiger partial charge in [0.15, 0.2) is 14.0 Å². The Hall–Kier alpha value is -2.06. The molecule has 29 heavy (non-hydrogen) atoms. The highest BCUT2D eigenvalue weighted by Crippen LogP contribution is 2.44. The maximum Gasteiger partial charge on any atom is 0.358 e. The van der Waals surface area contributed by atoms with Crippen LogP contribution in [-0.4, -0.2) is 31.5 Å². The average Bonchev–Trinajstić information content (AvgIpc) is 2.51. The van der Waals surface area contributed by atoms with Crippen LogP contribution in [0.1, 0.15) is 60.1 Å². The molecule has 0 saturated carbocycles. The number of ether oxygens (including phenoxy) is 1. The Morgan fingerprint density at radius 1 is 1.14 bits per heavy atom. The van der Waals surface area contributed by atoms with Crippen LogP contribution in [0.25, 0.3) is 0 Å². The van der Waals surface area contributed by atoms with Crippen LogP contribution in [0.4, 0.5) is 10.1 Å². The second kappa shape index (κ2) is 7.64. The highest BCUT2D eigenvalue weighted by Gasteiger charge is 2.46. The predicted molar refractivity (Wildman–Crippen MR) is 114 cm³/mol. The van der Waals surface area contributed by atoms with Gasteiger partial charge in [0.2, 0.25) is 5.91 Å². The molecule has 8 heteroatoms. The summed E-state index contributed by atoms with van der Waals surface area (Å²) in [5.74, 6) is -1.74. The molecule has 0 aliphatic carbocycles. The van der Waals surface area contributed by atoms with Gasteiger partial charge in [-0.15, -0.1) is 0 Å². The molecule has 0 spiro atoms. The van der Waals surface area contributed by atoms with Gasteiger partial charge in [-0.2, -0.15) is 10.1 Å². The van der Waals surface area contributed by atoms with E-state index in [1.807, 2.05) is 13.1 Å². The summed E-state index contributed by atoms with van der Waals surface area (Å²) in [6.45, 7) is 16.7. The Labute approximate surface area is 173 Å². The molecule has 1 aromatic rings. The first kappa shape index (κ1) is 23.2. The van der Waals surface area contributed by atoms with Gasteiger partial charge in [0.1, 0.15) is 17.5 Å². The summed E-state index contributed by atoms with van der Waals surface area (Å²) >= 11 is 0. The van der Waals surface area contributed by atoms with Crippen LogP contribution in [0.3, 0.4) is 0 Å². The zero-order valence-corrected chi connectivity index (χ0v) is 19.7. The van der Waals surface area contributed by atoms with E-state index in [0.29, 0.717) is 0 Å². The van der Waals surface area contributed by atoms with Crippen molar-refractivity contribution in [2.45, 2.75) is 78.3 Å². The first-order chi connectivity index (χ1) is 13.0. The van der Waals surface area contributed by atoms with Crippen molar-refractivity contribution in [1.82, 2.24) is 0 Å². The lowest BCUT2D eigenvalue weighted by molar-refractivity contribution is -0.146. The first-order valence-corrected chi connectivity index (χ1v) is 12.5. The van der Waals surface area contributed by atoms with Gasteiger partial charge in [-0.05, 0) is 51.0 Å². The number of rotatable bonds is 3. The van der Waals surface area contributed by atoms with Crippen molar-refractivity contribution in [3.8, 4) is 0 Å². The number of carbonyl (C=O) groups excluding carboxylic acids is 2. The molecule has 0 saturated heterocycles. The fraction of sp³-hybridized carbons (Fsp3) is 0.571. The van der Waals surface area contributed by atoms with E-state index in [1.165, 1.54) is 19.1 Å². The molecule has 1 aliphatic heterocycles. The average molecular weight is 423 g/mol. The molecule has 0 bridgehead atoms. The third-order valence-electron chi connectivity index (χ3n) is 5.10. The summed E-state index contributed by atoms with van der Waals surface area (Å²) in [4.78, 5) is 25.2. The number of nitrogens with zero attached hydrogens (tertiary/aromatic N) is 2. The van der Waals surface area contributed by atoms with Gasteiger partial charge in [0.05, 0.1) is 5.69 Å². The van der Waals surface area contributed by atoms with E-state index in [9.17, 15) is 14.0 Å². The normalized spacial score (nSPS) is 17.5. The molecule has 0 radical (unpaired) electrons. The van der Waals surface area contributed by atoms with Gasteiger partial charge in [0, 0.05) is 12.5 Å². The van der Waals surface area contributed by atoms with Crippen molar-refractivity contribution in [2.24, 2.45) is 5.10 Å². The van der Waals surface area contributed by atoms with E-state index in [1.54, 1.807) is 26.8 Å². The number of hydrogen-bond donors (Lipinski definition) is 0. The minimum absolute atomic E-state index is 0.127. The molecule has 6 nitrogen and oxygen atoms in total. The third kappa shape index (κ3) is 4.92. The van der Waals surface area contributed by atoms with Crippen LogP contribution in [0.2, 0.25) is 18.1 Å². The fourth-order valence-corrected chi connectivity index (χ4v) is 3.80. The van der Waals surface area contributed by atoms with Crippen molar-refractivity contribution in [3.63, 3.8) is 0 Å². The number of hydrogen-bond acceptors (Lipinski definition) is 5. The minimum Gasteiger partial charge on any atom is -0.455 e. The van der Waals surface area contributed by atoms with E-state index in [0.717, 1.165) is 5.01 Å². The van der Waals surface area contributed by atoms with E-state index in [2.05, 4.69) is 25.9 Å². The summed E-state index contributed by atoms with van der Waals surface area (Å²) in [6, 6.07) is 4.38. The number of amides is 1. The Morgan fingerprint density at radius 3 is 2.21 bits per heavy atom. The lowest BCUT2D eigenvalue weighted by Gasteiger charge is -2.41. The van der Waals surface area contributed by atoms with Crippen LogP contribution in [0, 0.1) is 5.82 Å². The van der Waals surface area contributed by atoms with Gasteiger partial charge in [-0.3, -0.25) is 4.79 Å². The lowest BCUT2D eigenvalue weighted by Crippen LogP contribution is -2.47. The lowest BCUT2D eigenvalue weighted by atomic mass is 10.00. The molecule has 0 aromatic heterocycles. The molecule has 0 N–H and O–H groups in total. The van der Waals surface area contributed by atoms with E-state index < -0.39 is 37.7 Å². The van der Waals surface area contributed by atoms with E-state index in [-0.39, 0.29) is 22.0 Å². The van der Waals surface area contributed by atoms with Gasteiger partial charge in [0.25, 0.3) is 0 Å². The highest BCUT2D eigenvalue weighted by molar-refractivity contribution is 6.74. The molecule has 0 fully saturated rings. The van der Waals surface area contributed by atoms with Gasteiger partial charge in [-0.1, -0.05) is 26.8 Å². The van der Waals surface area contributed by atoms with Gasteiger partial charge in [-0.25, -0.2) is 9.18 Å². The molecule has 160 valence electrons. The number of anilines is 1. The number of carbonyl (C=O) groups is 2. The maximum absolute atomic E-state index is 15.0. The van der Waals surface area contributed by atoms with Crippen molar-refractivity contribution in [1.29, 1.82) is 0 Å². The SMILES string of the molecule is CC(=O)N1N=C(C(=O)OC(C)(C)C)C(O[Si](C)(C)C(C)(C)C)c2c(F)cccc21. The fourth-order valence-electron chi connectivity index (χ4n) is 2.63. The van der Waals surface area contributed by atoms with Crippen molar-refractivity contribution in [3.05, 3.63) is 29.6 Å². The van der Waals surface area contributed by atoms with Crippen LogP contribution in [0.15, 0.2) is 23.3 Å². The second-order valence-electron chi connectivity index (χ2n) is 9.75. The Bertz CT molecular complexity index is 853. The summed E-state index contributed by atoms with van der Waals surface area (Å²) in [6.07, 6.45) is -1.06. The van der Waals surface area contributed by atoms with Crippen molar-refractivity contribution in [2.75, 3.05) is 5.01 Å². The summed E-state index contributed by atoms with van der Waals surface area (Å²) in [7, 11) is -2.44. The Kier molecular flexibility index (Phi) is 6.12. The highest BCUT2D eigenvalue weighted by atomic mass is 28.4. The maximum atomic E-state index is 15.0. The molecule has 1 amide bonds. The zero-order valence-electron chi connectivity index (χ0n) is 18.7. The Morgan fingerprint density at radius 2 is 1.72 bits per heavy atom. The zero-order chi connectivity index (χ0) is 22.4. The number of halogens is 1. The largest absolute Gasteiger partial charge is 0.455 e. The first-order valence-electron chi connectivity index (χ1n) is 9.64. The van der Waals surface area contributed by atoms with Gasteiger partial charge >= 0.3 is 5.97 Å². The predicted octanol–water partition coefficient (Wildman–Crippen LogP) is 4.95. The molecular weight excluding hydrogens is 391 g/mol. The molecule has 1 aromatic carbocycles. The smallest absolute Gasteiger partial charge is 0.358 e. The molecule has 1 aliphatic rings. The monoisotopic (exact) mass is 422 g/mol. The molecule has 1 unspecified atom stereocenters. The van der Waals surface area contributed by atoms with Crippen LogP contribution >= 0.6 is 0 Å². The number of fused-ring (bicyclic) bond motifs is 1. The molecule has 1 atom stereocenters. The number of esters is 1. The van der Waals surface area contributed by atoms with Crippen LogP contribution < -0.4 is 5.01 Å². The van der Waals surface area contributed by atoms with Crippen molar-refractivity contribution < 1.29 is 23.1 Å². The van der Waals surface area contributed by atoms with Crippen LogP contribution in [-0.2, 0) is 18.8 Å². The summed E-state index contributed by atoms with van der Waals surface area (Å²) in [5, 5.41) is 5.10. The second-order valence-corrected chi connectivity index (χ2v) is 14.5. The topological polar surface area (TPSA) is 68.2 Å². The number of hydrazone groups is 1. The molecular formula is C21H31FN2O4Si. The summed E-state index contributed by atoms with van der Waals surface area (Å²) < 4.78 is 26.9. The molecule has 2 rings (SSSR count). The minimum atomic E-state index is -2.44. The third-order valence-corrected chi connectivity index (χ3v) is 9.54. The van der Waals surface area contributed by atoms with Crippen LogP contribution in [0.5, 0.6) is 0 Å². The standard InChI is InChI=1S/C21H31FN2O4Si/c1-13(25)24-15-12-10-11-14(22)16(15)18(28-29(8,9)21(5,6)7)17(23-24)19(26)27-20(2,3)4/h10-12,18H,1-9H3. The van der Waals surface area contributed by atoms with Gasteiger partial charge < -0.3 is 9.16 Å². The quantitative estimate of drug-likeness (QED) is 0.510. The van der Waals surface area contributed by atoms with E-state index >= 15 is 0 Å². The Balaban J connectivity index is 2.68. The number of benzene rings is 1. The van der Waals surface area contributed by atoms with Crippen molar-refractivity contribution >= 4 is 31.6 Å². The van der Waals surface area contributed by atoms with E-state index in [4.69, 9.17) is 9.16 Å². The molecule has 1 heterocycles. The summed E-state index contributed by atoms with van der Waals surface area (Å²) in [5.41, 5.74) is -0.507.